The van der Waals surface area contributed by atoms with Crippen molar-refractivity contribution < 1.29 is 4.79 Å². The van der Waals surface area contributed by atoms with Crippen LogP contribution in [-0.4, -0.2) is 17.1 Å². The predicted molar refractivity (Wildman–Crippen MR) is 75.2 cm³/mol. The third kappa shape index (κ3) is 3.74. The standard InChI is InChI=1S/C15H15N3O/c1-11-3-6-13(7-4-11)9-17-18-15(19)14-8-5-12(2)16-10-14/h3-10H,1-2H3,(H,18,19). The Morgan fingerprint density at radius 2 is 1.89 bits per heavy atom. The summed E-state index contributed by atoms with van der Waals surface area (Å²) in [5.74, 6) is -0.268. The maximum Gasteiger partial charge on any atom is 0.272 e. The van der Waals surface area contributed by atoms with E-state index >= 15 is 0 Å². The number of nitrogens with one attached hydrogen (secondary N) is 1. The van der Waals surface area contributed by atoms with Crippen molar-refractivity contribution in [1.82, 2.24) is 10.4 Å². The molecule has 0 bridgehead atoms. The molecule has 0 aliphatic heterocycles. The van der Waals surface area contributed by atoms with E-state index in [1.165, 1.54) is 11.8 Å². The summed E-state index contributed by atoms with van der Waals surface area (Å²) < 4.78 is 0. The number of carbonyl (C=O) groups is 1. The van der Waals surface area contributed by atoms with Crippen LogP contribution in [-0.2, 0) is 0 Å². The SMILES string of the molecule is Cc1ccc(C=NNC(=O)c2ccc(C)nc2)cc1. The van der Waals surface area contributed by atoms with Crippen LogP contribution in [0.4, 0.5) is 0 Å². The predicted octanol–water partition coefficient (Wildman–Crippen LogP) is 2.46. The number of hydrogen-bond acceptors (Lipinski definition) is 3. The number of carbonyl (C=O) groups excluding carboxylic acids is 1. The molecule has 0 aliphatic rings. The maximum atomic E-state index is 11.7. The van der Waals surface area contributed by atoms with Crippen LogP contribution in [0.5, 0.6) is 0 Å². The first kappa shape index (κ1) is 13.0. The van der Waals surface area contributed by atoms with E-state index in [0.717, 1.165) is 11.3 Å². The Kier molecular flexibility index (Phi) is 4.03. The Morgan fingerprint density at radius 1 is 1.16 bits per heavy atom. The number of aryl methyl sites for hydroxylation is 2. The highest BCUT2D eigenvalue weighted by atomic mass is 16.2. The quantitative estimate of drug-likeness (QED) is 0.674. The summed E-state index contributed by atoms with van der Waals surface area (Å²) in [6, 6.07) is 11.4. The summed E-state index contributed by atoms with van der Waals surface area (Å²) in [5, 5.41) is 3.92. The number of hydrazone groups is 1. The molecule has 1 heterocycles. The van der Waals surface area contributed by atoms with Gasteiger partial charge in [-0.1, -0.05) is 29.8 Å². The summed E-state index contributed by atoms with van der Waals surface area (Å²) in [6.45, 7) is 3.89. The number of hydrogen-bond donors (Lipinski definition) is 1. The molecule has 0 fully saturated rings. The largest absolute Gasteiger partial charge is 0.272 e. The number of rotatable bonds is 3. The van der Waals surface area contributed by atoms with Gasteiger partial charge in [0.25, 0.3) is 5.91 Å². The van der Waals surface area contributed by atoms with Crippen molar-refractivity contribution in [2.24, 2.45) is 5.10 Å². The van der Waals surface area contributed by atoms with E-state index in [1.54, 1.807) is 18.3 Å². The lowest BCUT2D eigenvalue weighted by Gasteiger charge is -1.99. The van der Waals surface area contributed by atoms with Crippen molar-refractivity contribution in [3.8, 4) is 0 Å². The fraction of sp³-hybridized carbons (Fsp3) is 0.133. The van der Waals surface area contributed by atoms with Gasteiger partial charge in [0, 0.05) is 11.9 Å². The normalized spacial score (nSPS) is 10.6. The first-order valence-electron chi connectivity index (χ1n) is 5.98. The number of amides is 1. The van der Waals surface area contributed by atoms with E-state index in [-0.39, 0.29) is 5.91 Å². The molecule has 1 N–H and O–H groups in total. The first-order chi connectivity index (χ1) is 9.15. The molecule has 0 radical (unpaired) electrons. The number of benzene rings is 1. The minimum Gasteiger partial charge on any atom is -0.267 e. The highest BCUT2D eigenvalue weighted by Crippen LogP contribution is 2.01. The minimum atomic E-state index is -0.268. The molecular formula is C15H15N3O. The van der Waals surface area contributed by atoms with E-state index in [4.69, 9.17) is 0 Å². The fourth-order valence-electron chi connectivity index (χ4n) is 1.48. The lowest BCUT2D eigenvalue weighted by molar-refractivity contribution is 0.0955. The highest BCUT2D eigenvalue weighted by Gasteiger charge is 2.03. The maximum absolute atomic E-state index is 11.7. The number of aromatic nitrogens is 1. The molecule has 2 rings (SSSR count). The molecule has 0 atom stereocenters. The van der Waals surface area contributed by atoms with Crippen LogP contribution in [0, 0.1) is 13.8 Å². The molecule has 0 saturated carbocycles. The van der Waals surface area contributed by atoms with Crippen LogP contribution in [0.15, 0.2) is 47.7 Å². The Bertz CT molecular complexity index is 586. The monoisotopic (exact) mass is 253 g/mol. The first-order valence-corrected chi connectivity index (χ1v) is 5.98. The summed E-state index contributed by atoms with van der Waals surface area (Å²) >= 11 is 0. The van der Waals surface area contributed by atoms with E-state index in [9.17, 15) is 4.79 Å². The molecule has 0 spiro atoms. The zero-order chi connectivity index (χ0) is 13.7. The Morgan fingerprint density at radius 3 is 2.53 bits per heavy atom. The van der Waals surface area contributed by atoms with Crippen molar-refractivity contribution in [3.05, 3.63) is 65.0 Å². The fourth-order valence-corrected chi connectivity index (χ4v) is 1.48. The average molecular weight is 253 g/mol. The average Bonchev–Trinajstić information content (AvgIpc) is 2.41. The molecule has 1 aromatic carbocycles. The van der Waals surface area contributed by atoms with Gasteiger partial charge in [0.2, 0.25) is 0 Å². The van der Waals surface area contributed by atoms with Crippen LogP contribution < -0.4 is 5.43 Å². The van der Waals surface area contributed by atoms with E-state index in [2.05, 4.69) is 15.5 Å². The van der Waals surface area contributed by atoms with Crippen LogP contribution in [0.2, 0.25) is 0 Å². The molecule has 0 unspecified atom stereocenters. The van der Waals surface area contributed by atoms with E-state index in [0.29, 0.717) is 5.56 Å². The van der Waals surface area contributed by atoms with Crippen LogP contribution in [0.25, 0.3) is 0 Å². The molecule has 1 amide bonds. The molecule has 4 heteroatoms. The molecule has 1 aromatic heterocycles. The third-order valence-electron chi connectivity index (χ3n) is 2.63. The van der Waals surface area contributed by atoms with Gasteiger partial charge in [0.15, 0.2) is 0 Å². The van der Waals surface area contributed by atoms with Crippen LogP contribution >= 0.6 is 0 Å². The lowest BCUT2D eigenvalue weighted by atomic mass is 10.2. The zero-order valence-corrected chi connectivity index (χ0v) is 10.9. The molecule has 0 aliphatic carbocycles. The van der Waals surface area contributed by atoms with Crippen molar-refractivity contribution in [2.45, 2.75) is 13.8 Å². The van der Waals surface area contributed by atoms with Gasteiger partial charge >= 0.3 is 0 Å². The van der Waals surface area contributed by atoms with Crippen molar-refractivity contribution >= 4 is 12.1 Å². The minimum absolute atomic E-state index is 0.268. The van der Waals surface area contributed by atoms with Gasteiger partial charge in [-0.15, -0.1) is 0 Å². The number of pyridine rings is 1. The second kappa shape index (κ2) is 5.91. The van der Waals surface area contributed by atoms with Gasteiger partial charge in [-0.25, -0.2) is 5.43 Å². The third-order valence-corrected chi connectivity index (χ3v) is 2.63. The molecule has 4 nitrogen and oxygen atoms in total. The highest BCUT2D eigenvalue weighted by molar-refractivity contribution is 5.94. The van der Waals surface area contributed by atoms with Crippen LogP contribution in [0.1, 0.15) is 27.2 Å². The van der Waals surface area contributed by atoms with Gasteiger partial charge < -0.3 is 0 Å². The van der Waals surface area contributed by atoms with Crippen LogP contribution in [0.3, 0.4) is 0 Å². The van der Waals surface area contributed by atoms with Crippen molar-refractivity contribution in [1.29, 1.82) is 0 Å². The Hall–Kier alpha value is -2.49. The lowest BCUT2D eigenvalue weighted by Crippen LogP contribution is -2.17. The van der Waals surface area contributed by atoms with Gasteiger partial charge in [0.05, 0.1) is 11.8 Å². The molecule has 96 valence electrons. The van der Waals surface area contributed by atoms with Gasteiger partial charge in [-0.3, -0.25) is 9.78 Å². The van der Waals surface area contributed by atoms with E-state index in [1.807, 2.05) is 38.1 Å². The summed E-state index contributed by atoms with van der Waals surface area (Å²) in [4.78, 5) is 15.8. The van der Waals surface area contributed by atoms with Gasteiger partial charge in [0.1, 0.15) is 0 Å². The second-order valence-electron chi connectivity index (χ2n) is 4.30. The summed E-state index contributed by atoms with van der Waals surface area (Å²) in [7, 11) is 0. The summed E-state index contributed by atoms with van der Waals surface area (Å²) in [6.07, 6.45) is 3.14. The van der Waals surface area contributed by atoms with Crippen molar-refractivity contribution in [3.63, 3.8) is 0 Å². The van der Waals surface area contributed by atoms with Crippen molar-refractivity contribution in [2.75, 3.05) is 0 Å². The van der Waals surface area contributed by atoms with Gasteiger partial charge in [-0.2, -0.15) is 5.10 Å². The Labute approximate surface area is 112 Å². The smallest absolute Gasteiger partial charge is 0.267 e. The zero-order valence-electron chi connectivity index (χ0n) is 10.9. The number of nitrogens with zero attached hydrogens (tertiary/aromatic N) is 2. The second-order valence-corrected chi connectivity index (χ2v) is 4.30. The molecular weight excluding hydrogens is 238 g/mol. The molecule has 0 saturated heterocycles. The topological polar surface area (TPSA) is 54.4 Å². The van der Waals surface area contributed by atoms with Gasteiger partial charge in [-0.05, 0) is 31.5 Å². The Balaban J connectivity index is 1.96. The molecule has 19 heavy (non-hydrogen) atoms. The molecule has 2 aromatic rings. The summed E-state index contributed by atoms with van der Waals surface area (Å²) in [5.41, 5.74) is 5.96. The van der Waals surface area contributed by atoms with E-state index < -0.39 is 0 Å².